The molecule has 1 N–H and O–H groups in total. The summed E-state index contributed by atoms with van der Waals surface area (Å²) in [7, 11) is 0. The molecule has 3 aliphatic rings. The van der Waals surface area contributed by atoms with E-state index in [1.54, 1.807) is 0 Å². The summed E-state index contributed by atoms with van der Waals surface area (Å²) in [5, 5.41) is 9.61. The number of aryl methyl sites for hydroxylation is 1. The molecule has 0 radical (unpaired) electrons. The van der Waals surface area contributed by atoms with Gasteiger partial charge in [0.1, 0.15) is 5.75 Å². The minimum atomic E-state index is 0.417. The number of fused-ring (bicyclic) bond motifs is 1. The van der Waals surface area contributed by atoms with Crippen LogP contribution in [0.5, 0.6) is 5.75 Å². The third-order valence-electron chi connectivity index (χ3n) is 5.47. The maximum absolute atomic E-state index is 9.61. The molecule has 2 saturated heterocycles. The average molecular weight is 272 g/mol. The highest BCUT2D eigenvalue weighted by molar-refractivity contribution is 5.40. The highest BCUT2D eigenvalue weighted by Crippen LogP contribution is 2.39. The van der Waals surface area contributed by atoms with Crippen LogP contribution in [0, 0.1) is 0 Å². The smallest absolute Gasteiger partial charge is 0.115 e. The fraction of sp³-hybridized carbons (Fsp3) is 0.647. The molecule has 0 saturated carbocycles. The summed E-state index contributed by atoms with van der Waals surface area (Å²) in [5.41, 5.74) is 2.82. The van der Waals surface area contributed by atoms with Gasteiger partial charge in [-0.25, -0.2) is 0 Å². The molecular weight excluding hydrogens is 248 g/mol. The van der Waals surface area contributed by atoms with Crippen LogP contribution in [0.4, 0.5) is 0 Å². The second-order valence-corrected chi connectivity index (χ2v) is 6.62. The number of rotatable bonds is 2. The zero-order valence-corrected chi connectivity index (χ0v) is 12.1. The van der Waals surface area contributed by atoms with Crippen molar-refractivity contribution >= 4 is 0 Å². The Balaban J connectivity index is 1.48. The van der Waals surface area contributed by atoms with Gasteiger partial charge in [0.2, 0.25) is 0 Å². The number of benzene rings is 1. The lowest BCUT2D eigenvalue weighted by Gasteiger charge is -2.27. The molecule has 2 heterocycles. The first kappa shape index (κ1) is 12.7. The number of phenolic OH excluding ortho intramolecular Hbond substituents is 1. The molecule has 3 heteroatoms. The molecule has 2 aliphatic heterocycles. The molecule has 108 valence electrons. The van der Waals surface area contributed by atoms with Gasteiger partial charge in [-0.05, 0) is 68.5 Å². The number of nitrogens with zero attached hydrogens (tertiary/aromatic N) is 2. The highest BCUT2D eigenvalue weighted by Gasteiger charge is 2.35. The van der Waals surface area contributed by atoms with Crippen molar-refractivity contribution in [2.75, 3.05) is 26.2 Å². The van der Waals surface area contributed by atoms with Crippen molar-refractivity contribution in [3.63, 3.8) is 0 Å². The van der Waals surface area contributed by atoms with Gasteiger partial charge in [0.25, 0.3) is 0 Å². The molecular formula is C17H24N2O. The van der Waals surface area contributed by atoms with E-state index in [1.165, 1.54) is 63.0 Å². The fourth-order valence-electron chi connectivity index (χ4n) is 4.42. The molecule has 0 aromatic heterocycles. The van der Waals surface area contributed by atoms with Gasteiger partial charge in [-0.2, -0.15) is 0 Å². The van der Waals surface area contributed by atoms with Gasteiger partial charge in [0, 0.05) is 25.2 Å². The van der Waals surface area contributed by atoms with Crippen molar-refractivity contribution < 1.29 is 5.11 Å². The Kier molecular flexibility index (Phi) is 3.20. The Morgan fingerprint density at radius 3 is 2.70 bits per heavy atom. The number of aromatic hydroxyl groups is 1. The Bertz CT molecular complexity index is 496. The Morgan fingerprint density at radius 2 is 1.85 bits per heavy atom. The van der Waals surface area contributed by atoms with Crippen LogP contribution in [0.2, 0.25) is 0 Å². The van der Waals surface area contributed by atoms with Crippen LogP contribution < -0.4 is 0 Å². The summed E-state index contributed by atoms with van der Waals surface area (Å²) in [6.07, 6.45) is 6.47. The Hall–Kier alpha value is -1.06. The minimum Gasteiger partial charge on any atom is -0.508 e. The summed E-state index contributed by atoms with van der Waals surface area (Å²) in [5.74, 6) is 0.417. The first-order valence-electron chi connectivity index (χ1n) is 8.11. The topological polar surface area (TPSA) is 26.7 Å². The molecule has 3 nitrogen and oxygen atoms in total. The lowest BCUT2D eigenvalue weighted by molar-refractivity contribution is 0.200. The van der Waals surface area contributed by atoms with Crippen LogP contribution in [0.1, 0.15) is 42.9 Å². The quantitative estimate of drug-likeness (QED) is 0.896. The maximum atomic E-state index is 9.61. The molecule has 2 atom stereocenters. The predicted molar refractivity (Wildman–Crippen MR) is 80.0 cm³/mol. The second-order valence-electron chi connectivity index (χ2n) is 6.62. The van der Waals surface area contributed by atoms with E-state index >= 15 is 0 Å². The molecule has 1 aliphatic carbocycles. The first-order valence-corrected chi connectivity index (χ1v) is 8.11. The van der Waals surface area contributed by atoms with Crippen LogP contribution in [-0.2, 0) is 6.42 Å². The summed E-state index contributed by atoms with van der Waals surface area (Å²) < 4.78 is 0. The van der Waals surface area contributed by atoms with Crippen LogP contribution in [-0.4, -0.2) is 47.1 Å². The molecule has 0 amide bonds. The van der Waals surface area contributed by atoms with E-state index in [4.69, 9.17) is 0 Å². The maximum Gasteiger partial charge on any atom is 0.115 e. The van der Waals surface area contributed by atoms with E-state index in [1.807, 2.05) is 12.1 Å². The number of likely N-dealkylation sites (tertiary alicyclic amines) is 2. The van der Waals surface area contributed by atoms with Crippen molar-refractivity contribution in [1.82, 2.24) is 9.80 Å². The number of hydrogen-bond acceptors (Lipinski definition) is 3. The van der Waals surface area contributed by atoms with Crippen molar-refractivity contribution in [2.45, 2.75) is 44.2 Å². The third-order valence-corrected chi connectivity index (χ3v) is 5.47. The van der Waals surface area contributed by atoms with Gasteiger partial charge in [-0.1, -0.05) is 6.07 Å². The average Bonchev–Trinajstić information content (AvgIpc) is 3.17. The normalized spacial score (nSPS) is 31.0. The lowest BCUT2D eigenvalue weighted by Crippen LogP contribution is -2.36. The van der Waals surface area contributed by atoms with E-state index in [2.05, 4.69) is 15.9 Å². The van der Waals surface area contributed by atoms with Gasteiger partial charge < -0.3 is 5.11 Å². The van der Waals surface area contributed by atoms with E-state index in [0.717, 1.165) is 12.5 Å². The standard InChI is InChI=1S/C17H24N2O/c20-15-4-5-16-13(11-15)3-6-17(16)19-10-7-14(12-19)18-8-1-2-9-18/h4-5,11,14,17,20H,1-3,6-10,12H2. The Morgan fingerprint density at radius 1 is 1.00 bits per heavy atom. The van der Waals surface area contributed by atoms with Gasteiger partial charge >= 0.3 is 0 Å². The van der Waals surface area contributed by atoms with Gasteiger partial charge in [0.15, 0.2) is 0 Å². The van der Waals surface area contributed by atoms with E-state index < -0.39 is 0 Å². The zero-order valence-electron chi connectivity index (χ0n) is 12.1. The van der Waals surface area contributed by atoms with Crippen molar-refractivity contribution in [3.05, 3.63) is 29.3 Å². The van der Waals surface area contributed by atoms with Crippen LogP contribution in [0.3, 0.4) is 0 Å². The molecule has 2 fully saturated rings. The molecule has 20 heavy (non-hydrogen) atoms. The molecule has 1 aromatic rings. The SMILES string of the molecule is Oc1ccc2c(c1)CCC2N1CCC(N2CCCC2)C1. The number of hydrogen-bond donors (Lipinski definition) is 1. The molecule has 0 spiro atoms. The van der Waals surface area contributed by atoms with Crippen LogP contribution in [0.25, 0.3) is 0 Å². The molecule has 4 rings (SSSR count). The minimum absolute atomic E-state index is 0.417. The summed E-state index contributed by atoms with van der Waals surface area (Å²) in [4.78, 5) is 5.39. The van der Waals surface area contributed by atoms with Gasteiger partial charge in [-0.3, -0.25) is 9.80 Å². The fourth-order valence-corrected chi connectivity index (χ4v) is 4.42. The number of phenols is 1. The van der Waals surface area contributed by atoms with Crippen LogP contribution >= 0.6 is 0 Å². The predicted octanol–water partition coefficient (Wildman–Crippen LogP) is 2.55. The van der Waals surface area contributed by atoms with E-state index in [-0.39, 0.29) is 0 Å². The molecule has 2 unspecified atom stereocenters. The largest absolute Gasteiger partial charge is 0.508 e. The summed E-state index contributed by atoms with van der Waals surface area (Å²) in [6, 6.07) is 7.34. The summed E-state index contributed by atoms with van der Waals surface area (Å²) >= 11 is 0. The highest BCUT2D eigenvalue weighted by atomic mass is 16.3. The monoisotopic (exact) mass is 272 g/mol. The first-order chi connectivity index (χ1) is 9.81. The van der Waals surface area contributed by atoms with Crippen LogP contribution in [0.15, 0.2) is 18.2 Å². The second kappa shape index (κ2) is 5.05. The van der Waals surface area contributed by atoms with E-state index in [0.29, 0.717) is 11.8 Å². The lowest BCUT2D eigenvalue weighted by atomic mass is 10.1. The molecule has 0 bridgehead atoms. The summed E-state index contributed by atoms with van der Waals surface area (Å²) in [6.45, 7) is 5.11. The van der Waals surface area contributed by atoms with Crippen molar-refractivity contribution in [1.29, 1.82) is 0 Å². The van der Waals surface area contributed by atoms with Crippen molar-refractivity contribution in [3.8, 4) is 5.75 Å². The Labute approximate surface area is 121 Å². The zero-order chi connectivity index (χ0) is 13.5. The van der Waals surface area contributed by atoms with Crippen molar-refractivity contribution in [2.24, 2.45) is 0 Å². The van der Waals surface area contributed by atoms with E-state index in [9.17, 15) is 5.11 Å². The van der Waals surface area contributed by atoms with Gasteiger partial charge in [0.05, 0.1) is 0 Å². The molecule has 1 aromatic carbocycles. The third kappa shape index (κ3) is 2.13. The van der Waals surface area contributed by atoms with Gasteiger partial charge in [-0.15, -0.1) is 0 Å².